The molecule has 0 aromatic heterocycles. The van der Waals surface area contributed by atoms with Crippen LogP contribution in [0.1, 0.15) is 34.6 Å². The number of carbonyl (C=O) groups is 2. The van der Waals surface area contributed by atoms with Crippen molar-refractivity contribution in [2.24, 2.45) is 5.92 Å². The van der Waals surface area contributed by atoms with E-state index in [9.17, 15) is 14.7 Å². The predicted octanol–water partition coefficient (Wildman–Crippen LogP) is 1.17. The van der Waals surface area contributed by atoms with Gasteiger partial charge in [-0.3, -0.25) is 0 Å². The highest BCUT2D eigenvalue weighted by atomic mass is 16.6. The smallest absolute Gasteiger partial charge is 0.410 e. The fraction of sp³-hybridized carbons (Fsp3) is 0.846. The van der Waals surface area contributed by atoms with Crippen LogP contribution in [0, 0.1) is 5.92 Å². The molecule has 0 aliphatic carbocycles. The maximum Gasteiger partial charge on any atom is 0.410 e. The fourth-order valence-electron chi connectivity index (χ4n) is 1.55. The summed E-state index contributed by atoms with van der Waals surface area (Å²) in [7, 11) is 0. The summed E-state index contributed by atoms with van der Waals surface area (Å²) < 4.78 is 10.1. The van der Waals surface area contributed by atoms with Crippen LogP contribution in [-0.4, -0.2) is 53.0 Å². The minimum absolute atomic E-state index is 0.0845. The molecule has 0 atom stereocenters. The molecule has 6 heteroatoms. The first-order valence-electron chi connectivity index (χ1n) is 6.41. The first-order valence-corrected chi connectivity index (χ1v) is 6.41. The van der Waals surface area contributed by atoms with Gasteiger partial charge in [0.05, 0.1) is 19.7 Å². The zero-order valence-electron chi connectivity index (χ0n) is 12.2. The Morgan fingerprint density at radius 2 is 1.84 bits per heavy atom. The van der Waals surface area contributed by atoms with Crippen molar-refractivity contribution in [1.82, 2.24) is 4.90 Å². The van der Waals surface area contributed by atoms with E-state index in [4.69, 9.17) is 9.47 Å². The van der Waals surface area contributed by atoms with E-state index in [-0.39, 0.29) is 25.6 Å². The SMILES string of the molecule is CC(C)COC(=O)C1(O)CN(C(=O)OC(C)(C)C)C1. The number of aliphatic hydroxyl groups is 1. The number of amides is 1. The molecule has 19 heavy (non-hydrogen) atoms. The number of likely N-dealkylation sites (tertiary alicyclic amines) is 1. The van der Waals surface area contributed by atoms with E-state index in [1.165, 1.54) is 4.90 Å². The van der Waals surface area contributed by atoms with Gasteiger partial charge in [0.1, 0.15) is 5.60 Å². The van der Waals surface area contributed by atoms with Crippen LogP contribution in [0.4, 0.5) is 4.79 Å². The van der Waals surface area contributed by atoms with Crippen molar-refractivity contribution in [3.63, 3.8) is 0 Å². The van der Waals surface area contributed by atoms with Crippen molar-refractivity contribution in [2.75, 3.05) is 19.7 Å². The van der Waals surface area contributed by atoms with Gasteiger partial charge < -0.3 is 19.5 Å². The molecular formula is C13H23NO5. The van der Waals surface area contributed by atoms with E-state index in [0.717, 1.165) is 0 Å². The average molecular weight is 273 g/mol. The van der Waals surface area contributed by atoms with Crippen molar-refractivity contribution >= 4 is 12.1 Å². The van der Waals surface area contributed by atoms with Crippen molar-refractivity contribution in [1.29, 1.82) is 0 Å². The topological polar surface area (TPSA) is 76.1 Å². The van der Waals surface area contributed by atoms with Crippen LogP contribution in [-0.2, 0) is 14.3 Å². The summed E-state index contributed by atoms with van der Waals surface area (Å²) in [4.78, 5) is 24.6. The molecule has 0 radical (unpaired) electrons. The molecule has 0 spiro atoms. The van der Waals surface area contributed by atoms with Gasteiger partial charge in [0.25, 0.3) is 0 Å². The van der Waals surface area contributed by atoms with Crippen LogP contribution in [0.3, 0.4) is 0 Å². The van der Waals surface area contributed by atoms with E-state index >= 15 is 0 Å². The number of ether oxygens (including phenoxy) is 2. The summed E-state index contributed by atoms with van der Waals surface area (Å²) in [6.45, 7) is 9.18. The molecule has 1 aliphatic rings. The van der Waals surface area contributed by atoms with Crippen molar-refractivity contribution in [3.05, 3.63) is 0 Å². The number of hydrogen-bond acceptors (Lipinski definition) is 5. The summed E-state index contributed by atoms with van der Waals surface area (Å²) in [6.07, 6.45) is -0.533. The van der Waals surface area contributed by atoms with E-state index in [0.29, 0.717) is 0 Å². The van der Waals surface area contributed by atoms with Crippen molar-refractivity contribution in [2.45, 2.75) is 45.8 Å². The maximum absolute atomic E-state index is 11.7. The molecule has 0 aromatic carbocycles. The quantitative estimate of drug-likeness (QED) is 0.781. The van der Waals surface area contributed by atoms with E-state index in [2.05, 4.69) is 0 Å². The molecule has 1 saturated heterocycles. The highest BCUT2D eigenvalue weighted by molar-refractivity contribution is 5.84. The molecule has 1 amide bonds. The van der Waals surface area contributed by atoms with Gasteiger partial charge in [-0.1, -0.05) is 13.8 Å². The molecular weight excluding hydrogens is 250 g/mol. The standard InChI is InChI=1S/C13H23NO5/c1-9(2)6-18-10(15)13(17)7-14(8-13)11(16)19-12(3,4)5/h9,17H,6-8H2,1-5H3. The van der Waals surface area contributed by atoms with Crippen LogP contribution in [0.15, 0.2) is 0 Å². The Morgan fingerprint density at radius 3 is 2.26 bits per heavy atom. The lowest BCUT2D eigenvalue weighted by Crippen LogP contribution is -2.68. The molecule has 6 nitrogen and oxygen atoms in total. The molecule has 1 rings (SSSR count). The van der Waals surface area contributed by atoms with Gasteiger partial charge in [0.15, 0.2) is 5.60 Å². The van der Waals surface area contributed by atoms with Crippen LogP contribution in [0.2, 0.25) is 0 Å². The third-order valence-electron chi connectivity index (χ3n) is 2.48. The highest BCUT2D eigenvalue weighted by Crippen LogP contribution is 2.24. The van der Waals surface area contributed by atoms with Crippen LogP contribution < -0.4 is 0 Å². The molecule has 0 aromatic rings. The van der Waals surface area contributed by atoms with Gasteiger partial charge in [0.2, 0.25) is 0 Å². The molecule has 1 aliphatic heterocycles. The van der Waals surface area contributed by atoms with Gasteiger partial charge >= 0.3 is 12.1 Å². The van der Waals surface area contributed by atoms with Crippen molar-refractivity contribution in [3.8, 4) is 0 Å². The predicted molar refractivity (Wildman–Crippen MR) is 68.6 cm³/mol. The third-order valence-corrected chi connectivity index (χ3v) is 2.48. The number of carbonyl (C=O) groups excluding carboxylic acids is 2. The van der Waals surface area contributed by atoms with Gasteiger partial charge in [-0.05, 0) is 26.7 Å². The summed E-state index contributed by atoms with van der Waals surface area (Å²) in [6, 6.07) is 0. The Morgan fingerprint density at radius 1 is 1.32 bits per heavy atom. The zero-order chi connectivity index (χ0) is 14.8. The molecule has 1 fully saturated rings. The second kappa shape index (κ2) is 5.36. The van der Waals surface area contributed by atoms with Crippen LogP contribution >= 0.6 is 0 Å². The Labute approximate surface area is 113 Å². The molecule has 1 heterocycles. The number of nitrogens with zero attached hydrogens (tertiary/aromatic N) is 1. The van der Waals surface area contributed by atoms with Crippen molar-refractivity contribution < 1.29 is 24.2 Å². The Hall–Kier alpha value is -1.30. The second-order valence-corrected chi connectivity index (χ2v) is 6.36. The lowest BCUT2D eigenvalue weighted by Gasteiger charge is -2.44. The number of rotatable bonds is 3. The lowest BCUT2D eigenvalue weighted by atomic mass is 9.95. The average Bonchev–Trinajstić information content (AvgIpc) is 2.18. The summed E-state index contributed by atoms with van der Waals surface area (Å²) >= 11 is 0. The first kappa shape index (κ1) is 15.8. The van der Waals surface area contributed by atoms with E-state index in [1.54, 1.807) is 20.8 Å². The zero-order valence-corrected chi connectivity index (χ0v) is 12.2. The minimum atomic E-state index is -1.59. The Kier molecular flexibility index (Phi) is 4.45. The molecule has 1 N–H and O–H groups in total. The van der Waals surface area contributed by atoms with E-state index < -0.39 is 23.3 Å². The van der Waals surface area contributed by atoms with Crippen LogP contribution in [0.25, 0.3) is 0 Å². The minimum Gasteiger partial charge on any atom is -0.463 e. The van der Waals surface area contributed by atoms with Gasteiger partial charge in [-0.15, -0.1) is 0 Å². The lowest BCUT2D eigenvalue weighted by molar-refractivity contribution is -0.183. The maximum atomic E-state index is 11.7. The first-order chi connectivity index (χ1) is 8.53. The van der Waals surface area contributed by atoms with Gasteiger partial charge in [0, 0.05) is 0 Å². The molecule has 0 saturated carbocycles. The highest BCUT2D eigenvalue weighted by Gasteiger charge is 2.52. The summed E-state index contributed by atoms with van der Waals surface area (Å²) in [5.74, 6) is -0.476. The van der Waals surface area contributed by atoms with Gasteiger partial charge in [-0.2, -0.15) is 0 Å². The Bertz CT molecular complexity index is 353. The number of esters is 1. The normalized spacial score (nSPS) is 17.9. The molecule has 0 unspecified atom stereocenters. The summed E-state index contributed by atoms with van der Waals surface area (Å²) in [5, 5.41) is 9.99. The van der Waals surface area contributed by atoms with E-state index in [1.807, 2.05) is 13.8 Å². The monoisotopic (exact) mass is 273 g/mol. The van der Waals surface area contributed by atoms with Gasteiger partial charge in [-0.25, -0.2) is 9.59 Å². The number of hydrogen-bond donors (Lipinski definition) is 1. The Balaban J connectivity index is 2.42. The molecule has 0 bridgehead atoms. The largest absolute Gasteiger partial charge is 0.463 e. The fourth-order valence-corrected chi connectivity index (χ4v) is 1.55. The number of β-amino-alcohol motifs (C(OH)–C–C–N with tert-alkyl or cyclic N) is 1. The van der Waals surface area contributed by atoms with Crippen LogP contribution in [0.5, 0.6) is 0 Å². The third kappa shape index (κ3) is 4.38. The summed E-state index contributed by atoms with van der Waals surface area (Å²) in [5.41, 5.74) is -2.19. The second-order valence-electron chi connectivity index (χ2n) is 6.36. The molecule has 110 valence electrons.